The van der Waals surface area contributed by atoms with Crippen molar-refractivity contribution in [2.45, 2.75) is 6.54 Å². The Balaban J connectivity index is 2.64. The van der Waals surface area contributed by atoms with E-state index in [-0.39, 0.29) is 21.5 Å². The summed E-state index contributed by atoms with van der Waals surface area (Å²) < 4.78 is 6.91. The number of aromatic nitrogens is 4. The van der Waals surface area contributed by atoms with Gasteiger partial charge in [0.1, 0.15) is 0 Å². The van der Waals surface area contributed by atoms with Crippen LogP contribution in [0.2, 0.25) is 0 Å². The van der Waals surface area contributed by atoms with Crippen LogP contribution < -0.4 is 16.0 Å². The third kappa shape index (κ3) is 3.31. The SMILES string of the molecule is COCCn1c(-c2cnc(N(C)C)[nH]c2=O)cc(=O)[nH]c1=S. The number of ether oxygens (including phenoxy) is 1. The molecule has 22 heavy (non-hydrogen) atoms. The zero-order valence-corrected chi connectivity index (χ0v) is 13.4. The van der Waals surface area contributed by atoms with Crippen LogP contribution in [0, 0.1) is 4.77 Å². The second kappa shape index (κ2) is 6.67. The number of H-pyrrole nitrogens is 2. The van der Waals surface area contributed by atoms with Crippen LogP contribution in [0.25, 0.3) is 11.3 Å². The van der Waals surface area contributed by atoms with Crippen molar-refractivity contribution in [2.75, 3.05) is 32.7 Å². The van der Waals surface area contributed by atoms with Gasteiger partial charge in [0.2, 0.25) is 5.95 Å². The van der Waals surface area contributed by atoms with E-state index in [1.165, 1.54) is 12.3 Å². The van der Waals surface area contributed by atoms with Gasteiger partial charge < -0.3 is 14.2 Å². The zero-order valence-electron chi connectivity index (χ0n) is 12.5. The van der Waals surface area contributed by atoms with Crippen LogP contribution in [0.4, 0.5) is 5.95 Å². The highest BCUT2D eigenvalue weighted by Crippen LogP contribution is 2.14. The fourth-order valence-corrected chi connectivity index (χ4v) is 2.23. The van der Waals surface area contributed by atoms with E-state index in [4.69, 9.17) is 17.0 Å². The van der Waals surface area contributed by atoms with Gasteiger partial charge in [-0.25, -0.2) is 4.98 Å². The van der Waals surface area contributed by atoms with Gasteiger partial charge in [0.25, 0.3) is 11.1 Å². The number of nitrogens with one attached hydrogen (secondary N) is 2. The van der Waals surface area contributed by atoms with E-state index >= 15 is 0 Å². The van der Waals surface area contributed by atoms with Crippen LogP contribution in [-0.4, -0.2) is 47.3 Å². The molecule has 0 fully saturated rings. The van der Waals surface area contributed by atoms with E-state index in [2.05, 4.69) is 15.0 Å². The van der Waals surface area contributed by atoms with Crippen molar-refractivity contribution in [3.05, 3.63) is 37.7 Å². The highest BCUT2D eigenvalue weighted by Gasteiger charge is 2.12. The summed E-state index contributed by atoms with van der Waals surface area (Å²) in [6.45, 7) is 0.810. The van der Waals surface area contributed by atoms with Crippen molar-refractivity contribution in [3.63, 3.8) is 0 Å². The first-order valence-corrected chi connectivity index (χ1v) is 6.95. The van der Waals surface area contributed by atoms with Crippen LogP contribution in [0.1, 0.15) is 0 Å². The Hall–Kier alpha value is -2.26. The molecule has 0 saturated heterocycles. The quantitative estimate of drug-likeness (QED) is 0.772. The van der Waals surface area contributed by atoms with Gasteiger partial charge in [-0.1, -0.05) is 0 Å². The lowest BCUT2D eigenvalue weighted by Gasteiger charge is -2.14. The van der Waals surface area contributed by atoms with Crippen LogP contribution in [0.5, 0.6) is 0 Å². The summed E-state index contributed by atoms with van der Waals surface area (Å²) in [5.41, 5.74) is -0.0293. The van der Waals surface area contributed by atoms with Crippen molar-refractivity contribution in [1.82, 2.24) is 19.5 Å². The summed E-state index contributed by atoms with van der Waals surface area (Å²) in [6.07, 6.45) is 1.43. The van der Waals surface area contributed by atoms with E-state index in [9.17, 15) is 9.59 Å². The molecule has 2 aromatic heterocycles. The maximum atomic E-state index is 12.3. The fraction of sp³-hybridized carbons (Fsp3) is 0.385. The van der Waals surface area contributed by atoms with Gasteiger partial charge in [-0.15, -0.1) is 0 Å². The minimum absolute atomic E-state index is 0.232. The molecule has 0 atom stereocenters. The second-order valence-electron chi connectivity index (χ2n) is 4.81. The molecule has 2 heterocycles. The molecule has 8 nitrogen and oxygen atoms in total. The van der Waals surface area contributed by atoms with E-state index in [1.807, 2.05) is 0 Å². The van der Waals surface area contributed by atoms with Gasteiger partial charge in [0.05, 0.1) is 17.9 Å². The number of anilines is 1. The smallest absolute Gasteiger partial charge is 0.261 e. The van der Waals surface area contributed by atoms with Crippen molar-refractivity contribution >= 4 is 18.2 Å². The predicted molar refractivity (Wildman–Crippen MR) is 85.9 cm³/mol. The molecule has 0 aromatic carbocycles. The molecule has 2 rings (SSSR count). The van der Waals surface area contributed by atoms with Crippen molar-refractivity contribution in [2.24, 2.45) is 0 Å². The van der Waals surface area contributed by atoms with Crippen molar-refractivity contribution < 1.29 is 4.74 Å². The summed E-state index contributed by atoms with van der Waals surface area (Å²) in [5, 5.41) is 0. The third-order valence-corrected chi connectivity index (χ3v) is 3.36. The molecule has 2 aromatic rings. The molecular weight excluding hydrogens is 306 g/mol. The van der Waals surface area contributed by atoms with E-state index in [0.717, 1.165) is 0 Å². The Labute approximate surface area is 131 Å². The van der Waals surface area contributed by atoms with Gasteiger partial charge in [0, 0.05) is 40.0 Å². The molecular formula is C13H17N5O3S. The average Bonchev–Trinajstić information content (AvgIpc) is 2.45. The number of hydrogen-bond donors (Lipinski definition) is 2. The Morgan fingerprint density at radius 1 is 1.36 bits per heavy atom. The first-order valence-electron chi connectivity index (χ1n) is 6.54. The Morgan fingerprint density at radius 2 is 2.09 bits per heavy atom. The van der Waals surface area contributed by atoms with Crippen LogP contribution in [0.15, 0.2) is 21.9 Å². The Kier molecular flexibility index (Phi) is 4.88. The fourth-order valence-electron chi connectivity index (χ4n) is 1.94. The second-order valence-corrected chi connectivity index (χ2v) is 5.20. The van der Waals surface area contributed by atoms with Gasteiger partial charge in [-0.05, 0) is 12.2 Å². The molecule has 2 N–H and O–H groups in total. The predicted octanol–water partition coefficient (Wildman–Crippen LogP) is 0.369. The highest BCUT2D eigenvalue weighted by atomic mass is 32.1. The molecule has 0 saturated carbocycles. The maximum absolute atomic E-state index is 12.3. The molecule has 0 aliphatic carbocycles. The summed E-state index contributed by atoms with van der Waals surface area (Å²) in [5.74, 6) is 0.431. The molecule has 0 radical (unpaired) electrons. The normalized spacial score (nSPS) is 10.7. The molecule has 0 unspecified atom stereocenters. The van der Waals surface area contributed by atoms with E-state index in [1.54, 1.807) is 30.7 Å². The number of aromatic amines is 2. The first kappa shape index (κ1) is 16.1. The monoisotopic (exact) mass is 323 g/mol. The average molecular weight is 323 g/mol. The molecule has 9 heteroatoms. The number of rotatable bonds is 5. The molecule has 0 aliphatic rings. The molecule has 0 aliphatic heterocycles. The number of nitrogens with zero attached hydrogens (tertiary/aromatic N) is 3. The Morgan fingerprint density at radius 3 is 2.68 bits per heavy atom. The third-order valence-electron chi connectivity index (χ3n) is 3.04. The van der Waals surface area contributed by atoms with Crippen LogP contribution in [-0.2, 0) is 11.3 Å². The molecule has 118 valence electrons. The van der Waals surface area contributed by atoms with Gasteiger partial charge in [-0.2, -0.15) is 0 Å². The van der Waals surface area contributed by atoms with Crippen molar-refractivity contribution in [3.8, 4) is 11.3 Å². The van der Waals surface area contributed by atoms with E-state index < -0.39 is 0 Å². The lowest BCUT2D eigenvalue weighted by Crippen LogP contribution is -2.23. The zero-order chi connectivity index (χ0) is 16.3. The molecule has 0 bridgehead atoms. The van der Waals surface area contributed by atoms with Crippen molar-refractivity contribution in [1.29, 1.82) is 0 Å². The van der Waals surface area contributed by atoms with Gasteiger partial charge in [0.15, 0.2) is 4.77 Å². The minimum Gasteiger partial charge on any atom is -0.383 e. The summed E-state index contributed by atoms with van der Waals surface area (Å²) >= 11 is 5.16. The largest absolute Gasteiger partial charge is 0.383 e. The summed E-state index contributed by atoms with van der Waals surface area (Å²) in [6, 6.07) is 1.33. The number of methoxy groups -OCH3 is 1. The Bertz CT molecular complexity index is 837. The highest BCUT2D eigenvalue weighted by molar-refractivity contribution is 7.71. The lowest BCUT2D eigenvalue weighted by molar-refractivity contribution is 0.186. The standard InChI is InChI=1S/C13H17N5O3S/c1-17(2)12-14-7-8(11(20)16-12)9-6-10(19)15-13(22)18(9)4-5-21-3/h6-7H,4-5H2,1-3H3,(H,14,16,20)(H,15,19,22). The van der Waals surface area contributed by atoms with Gasteiger partial charge >= 0.3 is 0 Å². The molecule has 0 spiro atoms. The van der Waals surface area contributed by atoms with E-state index in [0.29, 0.717) is 24.8 Å². The van der Waals surface area contributed by atoms with Gasteiger partial charge in [-0.3, -0.25) is 19.6 Å². The minimum atomic E-state index is -0.371. The molecule has 0 amide bonds. The first-order chi connectivity index (χ1) is 10.4. The lowest BCUT2D eigenvalue weighted by atomic mass is 10.2. The van der Waals surface area contributed by atoms with Crippen LogP contribution >= 0.6 is 12.2 Å². The topological polar surface area (TPSA) is 96.0 Å². The van der Waals surface area contributed by atoms with Crippen LogP contribution in [0.3, 0.4) is 0 Å². The summed E-state index contributed by atoms with van der Waals surface area (Å²) in [4.78, 5) is 35.0. The number of hydrogen-bond acceptors (Lipinski definition) is 6. The maximum Gasteiger partial charge on any atom is 0.261 e. The summed E-state index contributed by atoms with van der Waals surface area (Å²) in [7, 11) is 5.10.